The van der Waals surface area contributed by atoms with Crippen molar-refractivity contribution in [2.45, 2.75) is 78.7 Å². The first-order chi connectivity index (χ1) is 14.7. The Balaban J connectivity index is 2.33. The highest BCUT2D eigenvalue weighted by Crippen LogP contribution is 2.23. The van der Waals surface area contributed by atoms with Gasteiger partial charge in [0.15, 0.2) is 6.29 Å². The van der Waals surface area contributed by atoms with E-state index in [1.54, 1.807) is 4.90 Å². The van der Waals surface area contributed by atoms with Gasteiger partial charge in [-0.1, -0.05) is 42.5 Å². The lowest BCUT2D eigenvalue weighted by Crippen LogP contribution is -2.49. The Hall–Kier alpha value is -1.99. The van der Waals surface area contributed by atoms with Crippen molar-refractivity contribution in [3.8, 4) is 0 Å². The molecule has 6 nitrogen and oxygen atoms in total. The second-order valence-electron chi connectivity index (χ2n) is 8.65. The second kappa shape index (κ2) is 11.6. The second-order valence-corrected chi connectivity index (χ2v) is 8.65. The first-order valence-electron chi connectivity index (χ1n) is 11.1. The fourth-order valence-electron chi connectivity index (χ4n) is 3.66. The lowest BCUT2D eigenvalue weighted by Gasteiger charge is -2.35. The molecule has 2 atom stereocenters. The van der Waals surface area contributed by atoms with Gasteiger partial charge in [0, 0.05) is 19.8 Å². The molecule has 0 radical (unpaired) electrons. The third-order valence-electron chi connectivity index (χ3n) is 4.97. The fraction of sp³-hybridized carbons (Fsp3) is 0.560. The number of nitrogens with zero attached hydrogens (tertiary/aromatic N) is 1. The van der Waals surface area contributed by atoms with Gasteiger partial charge in [-0.25, -0.2) is 0 Å². The molecule has 172 valence electrons. The molecule has 0 heterocycles. The van der Waals surface area contributed by atoms with Gasteiger partial charge >= 0.3 is 0 Å². The highest BCUT2D eigenvalue weighted by atomic mass is 16.7. The smallest absolute Gasteiger partial charge is 0.227 e. The van der Waals surface area contributed by atoms with E-state index in [1.165, 1.54) is 0 Å². The number of hydrogen-bond acceptors (Lipinski definition) is 5. The van der Waals surface area contributed by atoms with Gasteiger partial charge < -0.3 is 24.8 Å². The Labute approximate surface area is 186 Å². The van der Waals surface area contributed by atoms with Crippen LogP contribution in [0.5, 0.6) is 0 Å². The Morgan fingerprint density at radius 1 is 1.03 bits per heavy atom. The summed E-state index contributed by atoms with van der Waals surface area (Å²) in [6.45, 7) is 13.0. The van der Waals surface area contributed by atoms with Crippen molar-refractivity contribution in [2.24, 2.45) is 5.73 Å². The lowest BCUT2D eigenvalue weighted by molar-refractivity contribution is -0.180. The van der Waals surface area contributed by atoms with E-state index in [1.807, 2.05) is 59.7 Å². The lowest BCUT2D eigenvalue weighted by atomic mass is 10.0. The van der Waals surface area contributed by atoms with E-state index in [9.17, 15) is 4.79 Å². The van der Waals surface area contributed by atoms with Crippen LogP contribution in [0.1, 0.15) is 53.5 Å². The fourth-order valence-corrected chi connectivity index (χ4v) is 3.66. The zero-order valence-electron chi connectivity index (χ0n) is 19.8. The standard InChI is InChI=1S/C25H38N2O4/c1-7-29-24(30-8-2)18(3)27(23(28)16-22(26)31-25(4,5)6)17-20-14-11-13-19-12-9-10-15-21(19)20/h9-15,18,22,24H,7-8,16-17,26H2,1-6H3/t18-,22?/m0/s1. The van der Waals surface area contributed by atoms with Gasteiger partial charge in [0.05, 0.1) is 18.1 Å². The van der Waals surface area contributed by atoms with Crippen molar-refractivity contribution < 1.29 is 19.0 Å². The Morgan fingerprint density at radius 2 is 1.65 bits per heavy atom. The number of rotatable bonds is 11. The van der Waals surface area contributed by atoms with Gasteiger partial charge in [0.1, 0.15) is 6.23 Å². The van der Waals surface area contributed by atoms with E-state index in [-0.39, 0.29) is 18.4 Å². The predicted molar refractivity (Wildman–Crippen MR) is 124 cm³/mol. The summed E-state index contributed by atoms with van der Waals surface area (Å²) in [4.78, 5) is 15.2. The SMILES string of the molecule is CCOC(OCC)[C@H](C)N(Cc1cccc2ccccc12)C(=O)CC(N)OC(C)(C)C. The molecule has 31 heavy (non-hydrogen) atoms. The van der Waals surface area contributed by atoms with Crippen molar-refractivity contribution in [1.82, 2.24) is 4.90 Å². The number of carbonyl (C=O) groups is 1. The van der Waals surface area contributed by atoms with Crippen molar-refractivity contribution in [3.05, 3.63) is 48.0 Å². The highest BCUT2D eigenvalue weighted by molar-refractivity contribution is 5.86. The van der Waals surface area contributed by atoms with E-state index < -0.39 is 18.1 Å². The molecule has 2 rings (SSSR count). The molecule has 0 fully saturated rings. The van der Waals surface area contributed by atoms with E-state index in [2.05, 4.69) is 24.3 Å². The number of ether oxygens (including phenoxy) is 3. The number of hydrogen-bond donors (Lipinski definition) is 1. The molecule has 6 heteroatoms. The number of benzene rings is 2. The van der Waals surface area contributed by atoms with Crippen LogP contribution in [0.2, 0.25) is 0 Å². The van der Waals surface area contributed by atoms with Crippen LogP contribution in [0, 0.1) is 0 Å². The van der Waals surface area contributed by atoms with Gasteiger partial charge in [-0.05, 0) is 57.9 Å². The molecule has 0 aliphatic carbocycles. The quantitative estimate of drug-likeness (QED) is 0.533. The van der Waals surface area contributed by atoms with Crippen molar-refractivity contribution in [1.29, 1.82) is 0 Å². The van der Waals surface area contributed by atoms with E-state index in [0.717, 1.165) is 16.3 Å². The molecular formula is C25H38N2O4. The first kappa shape index (κ1) is 25.3. The van der Waals surface area contributed by atoms with Crippen molar-refractivity contribution in [2.75, 3.05) is 13.2 Å². The van der Waals surface area contributed by atoms with Crippen LogP contribution in [0.25, 0.3) is 10.8 Å². The average molecular weight is 431 g/mol. The van der Waals surface area contributed by atoms with E-state index in [0.29, 0.717) is 19.8 Å². The van der Waals surface area contributed by atoms with Crippen LogP contribution in [-0.4, -0.2) is 48.2 Å². The van der Waals surface area contributed by atoms with Crippen LogP contribution in [0.4, 0.5) is 0 Å². The molecule has 1 unspecified atom stereocenters. The van der Waals surface area contributed by atoms with Gasteiger partial charge in [0.25, 0.3) is 0 Å². The molecule has 0 saturated heterocycles. The minimum atomic E-state index is -0.688. The zero-order chi connectivity index (χ0) is 23.0. The van der Waals surface area contributed by atoms with Gasteiger partial charge in [-0.15, -0.1) is 0 Å². The van der Waals surface area contributed by atoms with Gasteiger partial charge in [-0.2, -0.15) is 0 Å². The molecule has 2 aromatic rings. The van der Waals surface area contributed by atoms with Crippen molar-refractivity contribution >= 4 is 16.7 Å². The number of nitrogens with two attached hydrogens (primary N) is 1. The maximum atomic E-state index is 13.4. The summed E-state index contributed by atoms with van der Waals surface area (Å²) in [5, 5.41) is 2.26. The zero-order valence-corrected chi connectivity index (χ0v) is 19.8. The third kappa shape index (κ3) is 7.58. The minimum Gasteiger partial charge on any atom is -0.357 e. The summed E-state index contributed by atoms with van der Waals surface area (Å²) in [7, 11) is 0. The molecular weight excluding hydrogens is 392 g/mol. The molecule has 0 aliphatic rings. The molecule has 2 aromatic carbocycles. The normalized spacial score (nSPS) is 14.1. The monoisotopic (exact) mass is 430 g/mol. The molecule has 0 saturated carbocycles. The Morgan fingerprint density at radius 3 is 2.26 bits per heavy atom. The number of amides is 1. The van der Waals surface area contributed by atoms with Gasteiger partial charge in [0.2, 0.25) is 5.91 Å². The summed E-state index contributed by atoms with van der Waals surface area (Å²) in [6, 6.07) is 14.0. The van der Waals surface area contributed by atoms with E-state index in [4.69, 9.17) is 19.9 Å². The van der Waals surface area contributed by atoms with Gasteiger partial charge in [-0.3, -0.25) is 4.79 Å². The Bertz CT molecular complexity index is 822. The largest absolute Gasteiger partial charge is 0.357 e. The maximum absolute atomic E-state index is 13.4. The molecule has 0 spiro atoms. The molecule has 0 aliphatic heterocycles. The minimum absolute atomic E-state index is 0.0807. The number of carbonyl (C=O) groups excluding carboxylic acids is 1. The first-order valence-corrected chi connectivity index (χ1v) is 11.1. The predicted octanol–water partition coefficient (Wildman–Crippen LogP) is 4.45. The van der Waals surface area contributed by atoms with Crippen LogP contribution in [0.3, 0.4) is 0 Å². The highest BCUT2D eigenvalue weighted by Gasteiger charge is 2.30. The average Bonchev–Trinajstić information content (AvgIpc) is 2.69. The molecule has 0 bridgehead atoms. The van der Waals surface area contributed by atoms with Crippen LogP contribution < -0.4 is 5.73 Å². The molecule has 0 aromatic heterocycles. The molecule has 1 amide bonds. The van der Waals surface area contributed by atoms with Crippen molar-refractivity contribution in [3.63, 3.8) is 0 Å². The Kier molecular flexibility index (Phi) is 9.44. The summed E-state index contributed by atoms with van der Waals surface area (Å²) < 4.78 is 17.4. The summed E-state index contributed by atoms with van der Waals surface area (Å²) >= 11 is 0. The van der Waals surface area contributed by atoms with E-state index >= 15 is 0 Å². The number of fused-ring (bicyclic) bond motifs is 1. The molecule has 2 N–H and O–H groups in total. The third-order valence-corrected chi connectivity index (χ3v) is 4.97. The topological polar surface area (TPSA) is 74.0 Å². The summed E-state index contributed by atoms with van der Waals surface area (Å²) in [6.07, 6.45) is -1.13. The maximum Gasteiger partial charge on any atom is 0.227 e. The summed E-state index contributed by atoms with van der Waals surface area (Å²) in [5.41, 5.74) is 6.78. The summed E-state index contributed by atoms with van der Waals surface area (Å²) in [5.74, 6) is -0.0957. The van der Waals surface area contributed by atoms with Crippen LogP contribution >= 0.6 is 0 Å². The van der Waals surface area contributed by atoms with Crippen LogP contribution in [0.15, 0.2) is 42.5 Å². The van der Waals surface area contributed by atoms with Crippen LogP contribution in [-0.2, 0) is 25.5 Å².